The molecule has 2 atom stereocenters. The number of fused-ring (bicyclic) bond motifs is 1. The van der Waals surface area contributed by atoms with E-state index in [1.165, 1.54) is 5.56 Å². The second-order valence-corrected chi connectivity index (χ2v) is 4.76. The average Bonchev–Trinajstić information content (AvgIpc) is 2.55. The minimum atomic E-state index is 0.0798. The minimum absolute atomic E-state index is 0.0798. The van der Waals surface area contributed by atoms with Gasteiger partial charge in [-0.15, -0.1) is 0 Å². The number of likely N-dealkylation sites (N-methyl/N-ethyl adjacent to an activating group) is 1. The number of carbonyl (C=O) groups excluding carboxylic acids is 1. The van der Waals surface area contributed by atoms with E-state index < -0.39 is 0 Å². The van der Waals surface area contributed by atoms with Crippen molar-refractivity contribution < 1.29 is 4.79 Å². The molecule has 16 heavy (non-hydrogen) atoms. The molecule has 1 aromatic carbocycles. The van der Waals surface area contributed by atoms with Crippen LogP contribution in [0.1, 0.15) is 38.2 Å². The van der Waals surface area contributed by atoms with Crippen LogP contribution in [0.4, 0.5) is 5.69 Å². The Labute approximate surface area is 97.3 Å². The van der Waals surface area contributed by atoms with Gasteiger partial charge in [-0.3, -0.25) is 4.79 Å². The molecule has 1 aliphatic rings. The van der Waals surface area contributed by atoms with Crippen LogP contribution in [-0.4, -0.2) is 13.0 Å². The third-order valence-electron chi connectivity index (χ3n) is 3.64. The predicted octanol–water partition coefficient (Wildman–Crippen LogP) is 3.18. The van der Waals surface area contributed by atoms with Crippen LogP contribution >= 0.6 is 0 Å². The Morgan fingerprint density at radius 3 is 2.75 bits per heavy atom. The Balaban J connectivity index is 2.30. The summed E-state index contributed by atoms with van der Waals surface area (Å²) in [6.45, 7) is 4.40. The molecule has 0 saturated carbocycles. The summed E-state index contributed by atoms with van der Waals surface area (Å²) in [5.74, 6) is 0.936. The molecular formula is C14H19NO. The number of nitrogens with zero attached hydrogens (tertiary/aromatic N) is 1. The first kappa shape index (κ1) is 11.2. The Morgan fingerprint density at radius 2 is 2.06 bits per heavy atom. The molecule has 0 radical (unpaired) electrons. The fourth-order valence-electron chi connectivity index (χ4n) is 2.37. The second kappa shape index (κ2) is 4.28. The Morgan fingerprint density at radius 1 is 1.38 bits per heavy atom. The highest BCUT2D eigenvalue weighted by Crippen LogP contribution is 2.39. The molecule has 1 amide bonds. The van der Waals surface area contributed by atoms with Crippen LogP contribution in [0.25, 0.3) is 0 Å². The standard InChI is InChI=1S/C14H19NO/c1-4-10(2)9-12-11-7-5-6-8-13(11)15(3)14(12)16/h5-8,10,12H,4,9H2,1-3H3. The van der Waals surface area contributed by atoms with E-state index in [0.717, 1.165) is 18.5 Å². The van der Waals surface area contributed by atoms with Crippen molar-refractivity contribution in [3.63, 3.8) is 0 Å². The van der Waals surface area contributed by atoms with Gasteiger partial charge >= 0.3 is 0 Å². The molecule has 86 valence electrons. The second-order valence-electron chi connectivity index (χ2n) is 4.76. The Kier molecular flexibility index (Phi) is 2.99. The summed E-state index contributed by atoms with van der Waals surface area (Å²) in [6.07, 6.45) is 2.10. The van der Waals surface area contributed by atoms with E-state index in [1.54, 1.807) is 4.90 Å². The monoisotopic (exact) mass is 217 g/mol. The fraction of sp³-hybridized carbons (Fsp3) is 0.500. The lowest BCUT2D eigenvalue weighted by Crippen LogP contribution is -2.24. The Bertz CT molecular complexity index is 399. The molecule has 0 spiro atoms. The first-order chi connectivity index (χ1) is 7.65. The third kappa shape index (κ3) is 1.73. The molecule has 2 heteroatoms. The van der Waals surface area contributed by atoms with Crippen molar-refractivity contribution in [3.05, 3.63) is 29.8 Å². The van der Waals surface area contributed by atoms with Gasteiger partial charge in [-0.05, 0) is 24.0 Å². The van der Waals surface area contributed by atoms with E-state index in [0.29, 0.717) is 5.92 Å². The van der Waals surface area contributed by atoms with E-state index >= 15 is 0 Å². The summed E-state index contributed by atoms with van der Waals surface area (Å²) in [7, 11) is 1.87. The highest BCUT2D eigenvalue weighted by Gasteiger charge is 2.34. The zero-order valence-corrected chi connectivity index (χ0v) is 10.2. The molecule has 0 aromatic heterocycles. The minimum Gasteiger partial charge on any atom is -0.315 e. The zero-order chi connectivity index (χ0) is 11.7. The number of carbonyl (C=O) groups is 1. The maximum Gasteiger partial charge on any atom is 0.234 e. The van der Waals surface area contributed by atoms with Gasteiger partial charge in [0.15, 0.2) is 0 Å². The predicted molar refractivity (Wildman–Crippen MR) is 66.7 cm³/mol. The lowest BCUT2D eigenvalue weighted by Gasteiger charge is -2.14. The summed E-state index contributed by atoms with van der Waals surface area (Å²) in [5, 5.41) is 0. The molecule has 2 unspecified atom stereocenters. The first-order valence-corrected chi connectivity index (χ1v) is 6.01. The van der Waals surface area contributed by atoms with Crippen molar-refractivity contribution in [2.45, 2.75) is 32.6 Å². The molecule has 0 aliphatic carbocycles. The van der Waals surface area contributed by atoms with Crippen LogP contribution in [0.5, 0.6) is 0 Å². The zero-order valence-electron chi connectivity index (χ0n) is 10.2. The molecule has 1 heterocycles. The lowest BCUT2D eigenvalue weighted by atomic mass is 9.89. The van der Waals surface area contributed by atoms with Crippen molar-refractivity contribution in [3.8, 4) is 0 Å². The van der Waals surface area contributed by atoms with Crippen molar-refractivity contribution >= 4 is 11.6 Å². The van der Waals surface area contributed by atoms with Crippen LogP contribution in [0.3, 0.4) is 0 Å². The molecule has 1 aliphatic heterocycles. The highest BCUT2D eigenvalue weighted by atomic mass is 16.2. The van der Waals surface area contributed by atoms with Crippen LogP contribution in [0, 0.1) is 5.92 Å². The van der Waals surface area contributed by atoms with Gasteiger partial charge in [0.25, 0.3) is 0 Å². The van der Waals surface area contributed by atoms with E-state index in [-0.39, 0.29) is 11.8 Å². The topological polar surface area (TPSA) is 20.3 Å². The fourth-order valence-corrected chi connectivity index (χ4v) is 2.37. The number of amides is 1. The van der Waals surface area contributed by atoms with Gasteiger partial charge in [0.05, 0.1) is 5.92 Å². The number of benzene rings is 1. The molecule has 0 saturated heterocycles. The van der Waals surface area contributed by atoms with Crippen LogP contribution in [0.2, 0.25) is 0 Å². The summed E-state index contributed by atoms with van der Waals surface area (Å²) < 4.78 is 0. The number of para-hydroxylation sites is 1. The number of hydrogen-bond donors (Lipinski definition) is 0. The largest absolute Gasteiger partial charge is 0.315 e. The van der Waals surface area contributed by atoms with Gasteiger partial charge < -0.3 is 4.90 Å². The highest BCUT2D eigenvalue weighted by molar-refractivity contribution is 6.04. The smallest absolute Gasteiger partial charge is 0.234 e. The summed E-state index contributed by atoms with van der Waals surface area (Å²) >= 11 is 0. The van der Waals surface area contributed by atoms with Crippen LogP contribution < -0.4 is 4.90 Å². The summed E-state index contributed by atoms with van der Waals surface area (Å²) in [4.78, 5) is 13.9. The van der Waals surface area contributed by atoms with E-state index in [1.807, 2.05) is 25.2 Å². The van der Waals surface area contributed by atoms with Crippen LogP contribution in [-0.2, 0) is 4.79 Å². The number of hydrogen-bond acceptors (Lipinski definition) is 1. The van der Waals surface area contributed by atoms with Gasteiger partial charge in [0.1, 0.15) is 0 Å². The molecular weight excluding hydrogens is 198 g/mol. The lowest BCUT2D eigenvalue weighted by molar-refractivity contribution is -0.119. The third-order valence-corrected chi connectivity index (χ3v) is 3.64. The maximum atomic E-state index is 12.1. The first-order valence-electron chi connectivity index (χ1n) is 6.01. The number of rotatable bonds is 3. The molecule has 0 N–H and O–H groups in total. The average molecular weight is 217 g/mol. The quantitative estimate of drug-likeness (QED) is 0.761. The SMILES string of the molecule is CCC(C)CC1C(=O)N(C)c2ccccc21. The molecule has 1 aromatic rings. The van der Waals surface area contributed by atoms with Gasteiger partial charge in [0, 0.05) is 12.7 Å². The van der Waals surface area contributed by atoms with Gasteiger partial charge in [-0.2, -0.15) is 0 Å². The van der Waals surface area contributed by atoms with E-state index in [9.17, 15) is 4.79 Å². The van der Waals surface area contributed by atoms with Crippen molar-refractivity contribution in [1.82, 2.24) is 0 Å². The van der Waals surface area contributed by atoms with Gasteiger partial charge in [-0.25, -0.2) is 0 Å². The summed E-state index contributed by atoms with van der Waals surface area (Å²) in [6, 6.07) is 8.14. The normalized spacial score (nSPS) is 21.1. The van der Waals surface area contributed by atoms with E-state index in [2.05, 4.69) is 19.9 Å². The van der Waals surface area contributed by atoms with Crippen molar-refractivity contribution in [1.29, 1.82) is 0 Å². The molecule has 0 bridgehead atoms. The van der Waals surface area contributed by atoms with Gasteiger partial charge in [0.2, 0.25) is 5.91 Å². The molecule has 2 rings (SSSR count). The number of anilines is 1. The van der Waals surface area contributed by atoms with Gasteiger partial charge in [-0.1, -0.05) is 38.5 Å². The Hall–Kier alpha value is -1.31. The molecule has 2 nitrogen and oxygen atoms in total. The van der Waals surface area contributed by atoms with Crippen molar-refractivity contribution in [2.24, 2.45) is 5.92 Å². The maximum absolute atomic E-state index is 12.1. The van der Waals surface area contributed by atoms with Crippen LogP contribution in [0.15, 0.2) is 24.3 Å². The van der Waals surface area contributed by atoms with Crippen molar-refractivity contribution in [2.75, 3.05) is 11.9 Å². The van der Waals surface area contributed by atoms with E-state index in [4.69, 9.17) is 0 Å². The summed E-state index contributed by atoms with van der Waals surface area (Å²) in [5.41, 5.74) is 2.29. The molecule has 0 fully saturated rings.